The molecule has 4 aromatic rings. The number of nitriles is 2. The van der Waals surface area contributed by atoms with Gasteiger partial charge in [0.25, 0.3) is 5.92 Å². The van der Waals surface area contributed by atoms with Crippen molar-refractivity contribution in [3.63, 3.8) is 0 Å². The third-order valence-electron chi connectivity index (χ3n) is 9.63. The summed E-state index contributed by atoms with van der Waals surface area (Å²) < 4.78 is 45.3. The average molecular weight is 789 g/mol. The van der Waals surface area contributed by atoms with Gasteiger partial charge in [-0.05, 0) is 91.2 Å². The first-order chi connectivity index (χ1) is 26.5. The van der Waals surface area contributed by atoms with Crippen molar-refractivity contribution in [2.45, 2.75) is 63.7 Å². The van der Waals surface area contributed by atoms with Gasteiger partial charge < -0.3 is 25.3 Å². The number of nitrogens with zero attached hydrogens (tertiary/aromatic N) is 3. The number of fused-ring (bicyclic) bond motifs is 1. The number of nitrogens with two attached hydrogens (primary N) is 1. The standard InChI is InChI=1S/C42H41Cl2F2N5O4/c43-35-19-30(23-50-13-2-1-10-40(49)52)38(54-24-29-17-27(21-47)16-28(18-29)22-48)20-39(35)55-36-12-11-32-31(6-3-7-33(32)36)34-8-4-9-37(41(34)44)53-15-5-14-51-25-42(45,46)26-51/h3-4,6-9,16-20,36,50H,1-2,5,10-15,23-26H2,(H2,49,52)/t36-/m0/s1. The van der Waals surface area contributed by atoms with Crippen LogP contribution < -0.4 is 25.3 Å². The van der Waals surface area contributed by atoms with Crippen molar-refractivity contribution in [1.82, 2.24) is 10.2 Å². The van der Waals surface area contributed by atoms with Crippen LogP contribution >= 0.6 is 23.2 Å². The summed E-state index contributed by atoms with van der Waals surface area (Å²) in [4.78, 5) is 12.8. The maximum absolute atomic E-state index is 13.2. The fourth-order valence-electron chi connectivity index (χ4n) is 6.99. The number of carbonyl (C=O) groups is 1. The normalized spacial score (nSPS) is 15.7. The van der Waals surface area contributed by atoms with Crippen molar-refractivity contribution < 1.29 is 27.8 Å². The molecule has 0 spiro atoms. The highest BCUT2D eigenvalue weighted by Gasteiger charge is 2.43. The highest BCUT2D eigenvalue weighted by molar-refractivity contribution is 6.35. The van der Waals surface area contributed by atoms with Gasteiger partial charge in [-0.1, -0.05) is 53.5 Å². The van der Waals surface area contributed by atoms with Gasteiger partial charge in [-0.2, -0.15) is 10.5 Å². The number of unbranched alkanes of at least 4 members (excludes halogenated alkanes) is 1. The summed E-state index contributed by atoms with van der Waals surface area (Å²) in [6.07, 6.45) is 3.53. The van der Waals surface area contributed by atoms with Crippen LogP contribution in [-0.2, 0) is 24.4 Å². The molecule has 1 aliphatic heterocycles. The molecule has 3 N–H and O–H groups in total. The lowest BCUT2D eigenvalue weighted by molar-refractivity contribution is -0.130. The Morgan fingerprint density at radius 2 is 1.67 bits per heavy atom. The monoisotopic (exact) mass is 787 g/mol. The van der Waals surface area contributed by atoms with E-state index in [-0.39, 0.29) is 31.7 Å². The molecule has 1 amide bonds. The van der Waals surface area contributed by atoms with Crippen molar-refractivity contribution >= 4 is 29.1 Å². The van der Waals surface area contributed by atoms with Crippen LogP contribution in [0.15, 0.2) is 66.7 Å². The summed E-state index contributed by atoms with van der Waals surface area (Å²) in [6.45, 7) is 1.68. The Balaban J connectivity index is 1.17. The van der Waals surface area contributed by atoms with Crippen LogP contribution in [0, 0.1) is 22.7 Å². The van der Waals surface area contributed by atoms with Crippen LogP contribution in [0.25, 0.3) is 11.1 Å². The van der Waals surface area contributed by atoms with Crippen molar-refractivity contribution in [2.75, 3.05) is 32.8 Å². The summed E-state index contributed by atoms with van der Waals surface area (Å²) >= 11 is 13.8. The molecule has 1 saturated heterocycles. The van der Waals surface area contributed by atoms with Crippen LogP contribution in [0.3, 0.4) is 0 Å². The van der Waals surface area contributed by atoms with E-state index in [1.807, 2.05) is 42.5 Å². The maximum Gasteiger partial charge on any atom is 0.272 e. The predicted molar refractivity (Wildman–Crippen MR) is 206 cm³/mol. The van der Waals surface area contributed by atoms with E-state index in [1.165, 1.54) is 6.07 Å². The Bertz CT molecular complexity index is 2080. The maximum atomic E-state index is 13.2. The van der Waals surface area contributed by atoms with Gasteiger partial charge in [0.1, 0.15) is 30.0 Å². The number of alkyl halides is 2. The Kier molecular flexibility index (Phi) is 13.1. The van der Waals surface area contributed by atoms with E-state index in [0.717, 1.165) is 40.7 Å². The molecule has 1 atom stereocenters. The zero-order valence-corrected chi connectivity index (χ0v) is 31.7. The van der Waals surface area contributed by atoms with Crippen LogP contribution in [0.2, 0.25) is 10.0 Å². The van der Waals surface area contributed by atoms with Crippen LogP contribution in [0.4, 0.5) is 8.78 Å². The molecule has 13 heteroatoms. The molecule has 1 aliphatic carbocycles. The molecule has 286 valence electrons. The van der Waals surface area contributed by atoms with Crippen molar-refractivity contribution in [3.8, 4) is 40.5 Å². The van der Waals surface area contributed by atoms with Gasteiger partial charge in [0, 0.05) is 36.7 Å². The number of carbonyl (C=O) groups excluding carboxylic acids is 1. The lowest BCUT2D eigenvalue weighted by Gasteiger charge is -2.38. The third kappa shape index (κ3) is 10.2. The molecule has 9 nitrogen and oxygen atoms in total. The summed E-state index contributed by atoms with van der Waals surface area (Å²) in [5, 5.41) is 23.2. The molecule has 0 saturated carbocycles. The molecule has 0 aromatic heterocycles. The topological polar surface area (TPSA) is 134 Å². The SMILES string of the molecule is N#Cc1cc(C#N)cc(COc2cc(O[C@H]3CCc4c(-c5cccc(OCCCN6CC(F)(F)C6)c5Cl)cccc43)c(Cl)cc2CNCCCCC(N)=O)c1. The average Bonchev–Trinajstić information content (AvgIpc) is 3.57. The van der Waals surface area contributed by atoms with E-state index in [4.69, 9.17) is 43.1 Å². The van der Waals surface area contributed by atoms with Crippen molar-refractivity contribution in [2.24, 2.45) is 5.73 Å². The molecule has 55 heavy (non-hydrogen) atoms. The summed E-state index contributed by atoms with van der Waals surface area (Å²) in [5.74, 6) is -1.39. The van der Waals surface area contributed by atoms with Crippen LogP contribution in [0.1, 0.15) is 71.6 Å². The van der Waals surface area contributed by atoms with Crippen molar-refractivity contribution in [1.29, 1.82) is 10.5 Å². The molecule has 0 bridgehead atoms. The largest absolute Gasteiger partial charge is 0.492 e. The molecule has 0 radical (unpaired) electrons. The summed E-state index contributed by atoms with van der Waals surface area (Å²) in [6, 6.07) is 24.4. The Labute approximate surface area is 329 Å². The number of hydrogen-bond acceptors (Lipinski definition) is 8. The molecule has 0 unspecified atom stereocenters. The molecular formula is C42H41Cl2F2N5O4. The van der Waals surface area contributed by atoms with Gasteiger partial charge in [-0.15, -0.1) is 0 Å². The number of benzene rings is 4. The summed E-state index contributed by atoms with van der Waals surface area (Å²) in [7, 11) is 0. The predicted octanol–water partition coefficient (Wildman–Crippen LogP) is 8.51. The first-order valence-electron chi connectivity index (χ1n) is 18.2. The van der Waals surface area contributed by atoms with E-state index >= 15 is 0 Å². The van der Waals surface area contributed by atoms with Crippen molar-refractivity contribution in [3.05, 3.63) is 110 Å². The van der Waals surface area contributed by atoms with Gasteiger partial charge >= 0.3 is 0 Å². The van der Waals surface area contributed by atoms with E-state index < -0.39 is 5.92 Å². The lowest BCUT2D eigenvalue weighted by Crippen LogP contribution is -2.56. The highest BCUT2D eigenvalue weighted by atomic mass is 35.5. The minimum atomic E-state index is -2.58. The van der Waals surface area contributed by atoms with Gasteiger partial charge in [-0.3, -0.25) is 9.69 Å². The number of amides is 1. The number of nitrogens with one attached hydrogen (secondary N) is 1. The zero-order valence-electron chi connectivity index (χ0n) is 30.2. The quantitative estimate of drug-likeness (QED) is 0.0960. The van der Waals surface area contributed by atoms with E-state index in [2.05, 4.69) is 17.5 Å². The van der Waals surface area contributed by atoms with Gasteiger partial charge in [0.05, 0.1) is 53.0 Å². The van der Waals surface area contributed by atoms with E-state index in [0.29, 0.717) is 95.9 Å². The second kappa shape index (κ2) is 18.1. The molecule has 1 heterocycles. The minimum absolute atomic E-state index is 0.105. The number of ether oxygens (including phenoxy) is 3. The second-order valence-corrected chi connectivity index (χ2v) is 14.6. The molecule has 4 aromatic carbocycles. The zero-order chi connectivity index (χ0) is 39.0. The second-order valence-electron chi connectivity index (χ2n) is 13.8. The minimum Gasteiger partial charge on any atom is -0.492 e. The van der Waals surface area contributed by atoms with Crippen LogP contribution in [0.5, 0.6) is 17.2 Å². The van der Waals surface area contributed by atoms with E-state index in [9.17, 15) is 24.1 Å². The van der Waals surface area contributed by atoms with E-state index in [1.54, 1.807) is 23.1 Å². The Morgan fingerprint density at radius 1 is 0.927 bits per heavy atom. The number of likely N-dealkylation sites (tertiary alicyclic amines) is 1. The van der Waals surface area contributed by atoms with Gasteiger partial charge in [0.15, 0.2) is 0 Å². The number of primary amides is 1. The number of halogens is 4. The molecule has 1 fully saturated rings. The lowest BCUT2D eigenvalue weighted by atomic mass is 9.96. The number of rotatable bonds is 18. The Morgan fingerprint density at radius 3 is 2.40 bits per heavy atom. The Hall–Kier alpha value is -4.91. The summed E-state index contributed by atoms with van der Waals surface area (Å²) in [5.41, 5.74) is 11.4. The molecule has 2 aliphatic rings. The first-order valence-corrected chi connectivity index (χ1v) is 19.0. The molecule has 6 rings (SSSR count). The molecular weight excluding hydrogens is 747 g/mol. The fraction of sp³-hybridized carbons (Fsp3) is 0.357. The highest BCUT2D eigenvalue weighted by Crippen LogP contribution is 2.45. The third-order valence-corrected chi connectivity index (χ3v) is 10.3. The smallest absolute Gasteiger partial charge is 0.272 e. The van der Waals surface area contributed by atoms with Gasteiger partial charge in [-0.25, -0.2) is 8.78 Å². The first kappa shape index (κ1) is 39.8. The number of hydrogen-bond donors (Lipinski definition) is 2. The van der Waals surface area contributed by atoms with Gasteiger partial charge in [0.2, 0.25) is 5.91 Å². The fourth-order valence-corrected chi connectivity index (χ4v) is 7.50. The van der Waals surface area contributed by atoms with Crippen LogP contribution in [-0.4, -0.2) is 49.5 Å².